The summed E-state index contributed by atoms with van der Waals surface area (Å²) in [5, 5.41) is 0. The lowest BCUT2D eigenvalue weighted by molar-refractivity contribution is -0.130. The lowest BCUT2D eigenvalue weighted by Crippen LogP contribution is -2.07. The number of benzene rings is 3. The van der Waals surface area contributed by atoms with Gasteiger partial charge >= 0.3 is 11.9 Å². The van der Waals surface area contributed by atoms with E-state index in [4.69, 9.17) is 9.47 Å². The number of alkyl halides is 2. The highest BCUT2D eigenvalue weighted by atomic mass is 19.3. The summed E-state index contributed by atoms with van der Waals surface area (Å²) >= 11 is 0. The molecule has 0 fully saturated rings. The van der Waals surface area contributed by atoms with Gasteiger partial charge in [-0.3, -0.25) is 0 Å². The van der Waals surface area contributed by atoms with E-state index in [0.29, 0.717) is 28.2 Å². The van der Waals surface area contributed by atoms with Crippen LogP contribution in [0.25, 0.3) is 24.3 Å². The Labute approximate surface area is 208 Å². The Hall–Kier alpha value is -4.58. The van der Waals surface area contributed by atoms with E-state index in [1.165, 1.54) is 6.07 Å². The van der Waals surface area contributed by atoms with Crippen LogP contribution >= 0.6 is 0 Å². The van der Waals surface area contributed by atoms with Gasteiger partial charge in [0.2, 0.25) is 0 Å². The Kier molecular flexibility index (Phi) is 8.84. The van der Waals surface area contributed by atoms with E-state index in [1.807, 2.05) is 0 Å². The van der Waals surface area contributed by atoms with Gasteiger partial charge in [-0.15, -0.1) is 0 Å². The third-order valence-corrected chi connectivity index (χ3v) is 4.97. The average molecular weight is 487 g/mol. The van der Waals surface area contributed by atoms with E-state index in [1.54, 1.807) is 91.9 Å². The van der Waals surface area contributed by atoms with E-state index in [-0.39, 0.29) is 5.56 Å². The van der Waals surface area contributed by atoms with E-state index in [2.05, 4.69) is 13.2 Å². The maximum Gasteiger partial charge on any atom is 0.338 e. The van der Waals surface area contributed by atoms with Gasteiger partial charge in [-0.25, -0.2) is 18.4 Å². The van der Waals surface area contributed by atoms with Crippen molar-refractivity contribution >= 4 is 36.2 Å². The normalized spacial score (nSPS) is 11.1. The second kappa shape index (κ2) is 12.2. The van der Waals surface area contributed by atoms with E-state index >= 15 is 0 Å². The predicted octanol–water partition coefficient (Wildman–Crippen LogP) is 7.54. The van der Waals surface area contributed by atoms with Gasteiger partial charge in [-0.1, -0.05) is 73.9 Å². The molecule has 0 heterocycles. The van der Waals surface area contributed by atoms with Crippen LogP contribution in [0.15, 0.2) is 91.5 Å². The van der Waals surface area contributed by atoms with Crippen molar-refractivity contribution in [3.63, 3.8) is 0 Å². The van der Waals surface area contributed by atoms with Crippen molar-refractivity contribution in [3.8, 4) is 11.5 Å². The molecule has 3 aromatic carbocycles. The number of esters is 2. The molecule has 0 amide bonds. The Morgan fingerprint density at radius 2 is 1.28 bits per heavy atom. The van der Waals surface area contributed by atoms with E-state index in [9.17, 15) is 18.4 Å². The molecule has 0 bridgehead atoms. The molecule has 3 aromatic rings. The SMILES string of the molecule is C=CC(=O)Oc1ccc(/C=C/c2ccc(/C=C/c3ccc(OC(=O)C(=C)C)cc3)cc2C(F)F)cc1. The molecule has 6 heteroatoms. The largest absolute Gasteiger partial charge is 0.423 e. The van der Waals surface area contributed by atoms with Crippen molar-refractivity contribution in [1.82, 2.24) is 0 Å². The quantitative estimate of drug-likeness (QED) is 0.136. The summed E-state index contributed by atoms with van der Waals surface area (Å²) in [5.41, 5.74) is 2.80. The fourth-order valence-corrected chi connectivity index (χ4v) is 3.06. The maximum absolute atomic E-state index is 13.7. The van der Waals surface area contributed by atoms with Crippen molar-refractivity contribution < 1.29 is 27.8 Å². The van der Waals surface area contributed by atoms with Gasteiger partial charge in [0.25, 0.3) is 6.43 Å². The predicted molar refractivity (Wildman–Crippen MR) is 138 cm³/mol. The standard InChI is InChI=1S/C30H24F2O4/c1-4-28(33)35-25-15-9-22(10-16-25)7-13-24-14-8-23(19-27(24)29(31)32)6-5-21-11-17-26(18-12-21)36-30(34)20(2)3/h4-19,29H,1-2H2,3H3/b6-5+,13-7+. The molecule has 0 aliphatic rings. The molecule has 36 heavy (non-hydrogen) atoms. The van der Waals surface area contributed by atoms with Gasteiger partial charge in [0.1, 0.15) is 11.5 Å². The number of carbonyl (C=O) groups excluding carboxylic acids is 2. The topological polar surface area (TPSA) is 52.6 Å². The Morgan fingerprint density at radius 3 is 1.81 bits per heavy atom. The number of ether oxygens (including phenoxy) is 2. The highest BCUT2D eigenvalue weighted by Gasteiger charge is 2.12. The smallest absolute Gasteiger partial charge is 0.338 e. The Bertz CT molecular complexity index is 1320. The lowest BCUT2D eigenvalue weighted by atomic mass is 10.0. The van der Waals surface area contributed by atoms with Crippen LogP contribution in [0.1, 0.15) is 41.2 Å². The summed E-state index contributed by atoms with van der Waals surface area (Å²) in [4.78, 5) is 22.8. The third kappa shape index (κ3) is 7.46. The van der Waals surface area contributed by atoms with Gasteiger partial charge in [-0.05, 0) is 59.5 Å². The third-order valence-electron chi connectivity index (χ3n) is 4.97. The minimum absolute atomic E-state index is 0.0908. The first-order valence-corrected chi connectivity index (χ1v) is 11.0. The van der Waals surface area contributed by atoms with Crippen molar-refractivity contribution in [2.75, 3.05) is 0 Å². The van der Waals surface area contributed by atoms with Crippen LogP contribution in [0, 0.1) is 0 Å². The number of hydrogen-bond donors (Lipinski definition) is 0. The fourth-order valence-electron chi connectivity index (χ4n) is 3.06. The molecular formula is C30H24F2O4. The molecule has 0 radical (unpaired) electrons. The molecule has 0 aliphatic heterocycles. The fraction of sp³-hybridized carbons (Fsp3) is 0.0667. The molecular weight excluding hydrogens is 462 g/mol. The number of hydrogen-bond acceptors (Lipinski definition) is 4. The second-order valence-corrected chi connectivity index (χ2v) is 7.79. The van der Waals surface area contributed by atoms with Gasteiger partial charge in [0.05, 0.1) is 0 Å². The molecule has 0 saturated heterocycles. The van der Waals surface area contributed by atoms with Crippen molar-refractivity contribution in [2.24, 2.45) is 0 Å². The van der Waals surface area contributed by atoms with Gasteiger partial charge in [-0.2, -0.15) is 0 Å². The molecule has 4 nitrogen and oxygen atoms in total. The minimum Gasteiger partial charge on any atom is -0.423 e. The molecule has 0 saturated carbocycles. The first-order valence-electron chi connectivity index (χ1n) is 11.0. The molecule has 3 rings (SSSR count). The van der Waals surface area contributed by atoms with Gasteiger partial charge < -0.3 is 9.47 Å². The van der Waals surface area contributed by atoms with Crippen LogP contribution in [0.5, 0.6) is 11.5 Å². The average Bonchev–Trinajstić information content (AvgIpc) is 2.87. The minimum atomic E-state index is -2.65. The van der Waals surface area contributed by atoms with E-state index < -0.39 is 18.4 Å². The molecule has 182 valence electrons. The summed E-state index contributed by atoms with van der Waals surface area (Å²) in [5.74, 6) is -0.305. The first-order chi connectivity index (χ1) is 17.2. The molecule has 0 aromatic heterocycles. The molecule has 0 atom stereocenters. The second-order valence-electron chi connectivity index (χ2n) is 7.79. The molecule has 0 unspecified atom stereocenters. The van der Waals surface area contributed by atoms with Crippen LogP contribution in [-0.2, 0) is 9.59 Å². The van der Waals surface area contributed by atoms with Crippen molar-refractivity contribution in [2.45, 2.75) is 13.3 Å². The first kappa shape index (κ1) is 26.0. The summed E-state index contributed by atoms with van der Waals surface area (Å²) in [6.07, 6.45) is 5.26. The highest BCUT2D eigenvalue weighted by Crippen LogP contribution is 2.27. The van der Waals surface area contributed by atoms with Crippen molar-refractivity contribution in [3.05, 3.63) is 119 Å². The lowest BCUT2D eigenvalue weighted by Gasteiger charge is -2.07. The number of rotatable bonds is 9. The number of carbonyl (C=O) groups is 2. The monoisotopic (exact) mass is 486 g/mol. The van der Waals surface area contributed by atoms with Crippen LogP contribution in [0.2, 0.25) is 0 Å². The van der Waals surface area contributed by atoms with E-state index in [0.717, 1.165) is 17.2 Å². The van der Waals surface area contributed by atoms with Crippen LogP contribution in [0.4, 0.5) is 8.78 Å². The van der Waals surface area contributed by atoms with Gasteiger partial charge in [0.15, 0.2) is 0 Å². The molecule has 0 aliphatic carbocycles. The highest BCUT2D eigenvalue weighted by molar-refractivity contribution is 5.88. The van der Waals surface area contributed by atoms with Crippen molar-refractivity contribution in [1.29, 1.82) is 0 Å². The molecule has 0 spiro atoms. The Balaban J connectivity index is 1.72. The molecule has 0 N–H and O–H groups in total. The van der Waals surface area contributed by atoms with Gasteiger partial charge in [0, 0.05) is 17.2 Å². The van der Waals surface area contributed by atoms with Crippen LogP contribution in [0.3, 0.4) is 0 Å². The van der Waals surface area contributed by atoms with Crippen LogP contribution in [-0.4, -0.2) is 11.9 Å². The Morgan fingerprint density at radius 1 is 0.778 bits per heavy atom. The summed E-state index contributed by atoms with van der Waals surface area (Å²) in [7, 11) is 0. The summed E-state index contributed by atoms with van der Waals surface area (Å²) in [6.45, 7) is 8.44. The summed E-state index contributed by atoms with van der Waals surface area (Å²) in [6, 6.07) is 18.3. The number of halogens is 2. The van der Waals surface area contributed by atoms with Crippen LogP contribution < -0.4 is 9.47 Å². The summed E-state index contributed by atoms with van der Waals surface area (Å²) < 4.78 is 37.7. The zero-order chi connectivity index (χ0) is 26.1. The zero-order valence-electron chi connectivity index (χ0n) is 19.6. The maximum atomic E-state index is 13.7. The zero-order valence-corrected chi connectivity index (χ0v) is 19.6.